The lowest BCUT2D eigenvalue weighted by molar-refractivity contribution is -0.119. The van der Waals surface area contributed by atoms with E-state index < -0.39 is 6.04 Å². The molecule has 0 radical (unpaired) electrons. The van der Waals surface area contributed by atoms with Crippen LogP contribution in [0.15, 0.2) is 54.9 Å². The van der Waals surface area contributed by atoms with E-state index in [1.165, 1.54) is 0 Å². The van der Waals surface area contributed by atoms with E-state index in [1.54, 1.807) is 29.4 Å². The molecular formula is C17H17N3O2. The first kappa shape index (κ1) is 14.3. The lowest BCUT2D eigenvalue weighted by atomic mass is 10.1. The van der Waals surface area contributed by atoms with E-state index >= 15 is 0 Å². The lowest BCUT2D eigenvalue weighted by Gasteiger charge is -2.24. The average Bonchev–Trinajstić information content (AvgIpc) is 3.05. The van der Waals surface area contributed by atoms with Crippen molar-refractivity contribution in [3.8, 4) is 0 Å². The zero-order valence-corrected chi connectivity index (χ0v) is 12.1. The maximum Gasteiger partial charge on any atom is 0.254 e. The fraction of sp³-hybridized carbons (Fsp3) is 0.235. The predicted molar refractivity (Wildman–Crippen MR) is 83.4 cm³/mol. The largest absolute Gasteiger partial charge is 0.327 e. The summed E-state index contributed by atoms with van der Waals surface area (Å²) >= 11 is 0. The summed E-state index contributed by atoms with van der Waals surface area (Å²) in [5.41, 5.74) is 1.31. The number of hydrogen-bond donors (Lipinski definition) is 1. The van der Waals surface area contributed by atoms with E-state index in [4.69, 9.17) is 0 Å². The maximum absolute atomic E-state index is 12.5. The van der Waals surface area contributed by atoms with Crippen LogP contribution >= 0.6 is 0 Å². The Bertz CT molecular complexity index is 658. The standard InChI is InChI=1S/C17H17N3O2/c21-16(19-14-5-2-1-3-6-14)15-7-4-12-20(15)17(22)13-8-10-18-11-9-13/h1-3,5-6,8-11,15H,4,7,12H2,(H,19,21). The molecule has 5 heteroatoms. The number of pyridine rings is 1. The van der Waals surface area contributed by atoms with Crippen LogP contribution in [0.25, 0.3) is 0 Å². The van der Waals surface area contributed by atoms with E-state index in [1.807, 2.05) is 30.3 Å². The normalized spacial score (nSPS) is 17.3. The van der Waals surface area contributed by atoms with Gasteiger partial charge in [0.05, 0.1) is 0 Å². The van der Waals surface area contributed by atoms with Gasteiger partial charge < -0.3 is 10.2 Å². The minimum Gasteiger partial charge on any atom is -0.327 e. The molecule has 1 saturated heterocycles. The van der Waals surface area contributed by atoms with Crippen LogP contribution in [0.4, 0.5) is 5.69 Å². The van der Waals surface area contributed by atoms with Gasteiger partial charge in [0.1, 0.15) is 6.04 Å². The number of nitrogens with zero attached hydrogens (tertiary/aromatic N) is 2. The number of hydrogen-bond acceptors (Lipinski definition) is 3. The molecule has 1 unspecified atom stereocenters. The number of likely N-dealkylation sites (tertiary alicyclic amines) is 1. The summed E-state index contributed by atoms with van der Waals surface area (Å²) < 4.78 is 0. The molecule has 2 aromatic rings. The van der Waals surface area contributed by atoms with E-state index in [0.717, 1.165) is 12.1 Å². The van der Waals surface area contributed by atoms with Crippen molar-refractivity contribution < 1.29 is 9.59 Å². The highest BCUT2D eigenvalue weighted by molar-refractivity contribution is 6.01. The molecule has 0 saturated carbocycles. The van der Waals surface area contributed by atoms with Crippen molar-refractivity contribution in [3.05, 3.63) is 60.4 Å². The molecule has 0 aliphatic carbocycles. The van der Waals surface area contributed by atoms with Crippen molar-refractivity contribution >= 4 is 17.5 Å². The summed E-state index contributed by atoms with van der Waals surface area (Å²) in [6.45, 7) is 0.605. The minimum atomic E-state index is -0.416. The molecule has 1 aliphatic heterocycles. The molecule has 0 spiro atoms. The third kappa shape index (κ3) is 2.98. The van der Waals surface area contributed by atoms with Gasteiger partial charge in [0.25, 0.3) is 5.91 Å². The number of nitrogens with one attached hydrogen (secondary N) is 1. The molecule has 1 aliphatic rings. The number of para-hydroxylation sites is 1. The first-order valence-corrected chi connectivity index (χ1v) is 7.32. The van der Waals surface area contributed by atoms with E-state index in [-0.39, 0.29) is 11.8 Å². The molecule has 2 heterocycles. The van der Waals surface area contributed by atoms with Crippen molar-refractivity contribution in [1.82, 2.24) is 9.88 Å². The molecule has 1 aromatic heterocycles. The Labute approximate surface area is 129 Å². The molecule has 1 fully saturated rings. The fourth-order valence-electron chi connectivity index (χ4n) is 2.69. The summed E-state index contributed by atoms with van der Waals surface area (Å²) in [4.78, 5) is 30.5. The highest BCUT2D eigenvalue weighted by Gasteiger charge is 2.34. The second kappa shape index (κ2) is 6.39. The van der Waals surface area contributed by atoms with Gasteiger partial charge >= 0.3 is 0 Å². The fourth-order valence-corrected chi connectivity index (χ4v) is 2.69. The number of anilines is 1. The van der Waals surface area contributed by atoms with Gasteiger partial charge in [0.2, 0.25) is 5.91 Å². The molecular weight excluding hydrogens is 278 g/mol. The third-order valence-corrected chi connectivity index (χ3v) is 3.78. The summed E-state index contributed by atoms with van der Waals surface area (Å²) in [6, 6.07) is 12.2. The van der Waals surface area contributed by atoms with Gasteiger partial charge in [-0.3, -0.25) is 14.6 Å². The summed E-state index contributed by atoms with van der Waals surface area (Å²) in [5, 5.41) is 2.87. The molecule has 1 atom stereocenters. The molecule has 1 aromatic carbocycles. The molecule has 5 nitrogen and oxygen atoms in total. The molecule has 22 heavy (non-hydrogen) atoms. The number of carbonyl (C=O) groups is 2. The number of carbonyl (C=O) groups excluding carboxylic acids is 2. The number of aromatic nitrogens is 1. The Balaban J connectivity index is 1.73. The SMILES string of the molecule is O=C(Nc1ccccc1)C1CCCN1C(=O)c1ccncc1. The maximum atomic E-state index is 12.5. The van der Waals surface area contributed by atoms with Crippen LogP contribution in [-0.4, -0.2) is 34.3 Å². The predicted octanol–water partition coefficient (Wildman–Crippen LogP) is 2.32. The highest BCUT2D eigenvalue weighted by Crippen LogP contribution is 2.21. The lowest BCUT2D eigenvalue weighted by Crippen LogP contribution is -2.43. The zero-order valence-electron chi connectivity index (χ0n) is 12.1. The summed E-state index contributed by atoms with van der Waals surface area (Å²) in [7, 11) is 0. The van der Waals surface area contributed by atoms with Gasteiger partial charge in [0.15, 0.2) is 0 Å². The Morgan fingerprint density at radius 2 is 1.82 bits per heavy atom. The van der Waals surface area contributed by atoms with Crippen LogP contribution in [0.3, 0.4) is 0 Å². The van der Waals surface area contributed by atoms with Crippen LogP contribution in [0.5, 0.6) is 0 Å². The van der Waals surface area contributed by atoms with Gasteiger partial charge in [-0.2, -0.15) is 0 Å². The van der Waals surface area contributed by atoms with Gasteiger partial charge in [-0.1, -0.05) is 18.2 Å². The Hall–Kier alpha value is -2.69. The first-order valence-electron chi connectivity index (χ1n) is 7.32. The van der Waals surface area contributed by atoms with Crippen molar-refractivity contribution in [2.75, 3.05) is 11.9 Å². The average molecular weight is 295 g/mol. The van der Waals surface area contributed by atoms with Gasteiger partial charge in [0, 0.05) is 30.2 Å². The van der Waals surface area contributed by atoms with Crippen molar-refractivity contribution in [2.45, 2.75) is 18.9 Å². The van der Waals surface area contributed by atoms with E-state index in [2.05, 4.69) is 10.3 Å². The van der Waals surface area contributed by atoms with Crippen LogP contribution in [0.2, 0.25) is 0 Å². The molecule has 1 N–H and O–H groups in total. The zero-order chi connectivity index (χ0) is 15.4. The topological polar surface area (TPSA) is 62.3 Å². The Morgan fingerprint density at radius 3 is 2.55 bits per heavy atom. The monoisotopic (exact) mass is 295 g/mol. The quantitative estimate of drug-likeness (QED) is 0.945. The van der Waals surface area contributed by atoms with Crippen molar-refractivity contribution in [2.24, 2.45) is 0 Å². The molecule has 3 rings (SSSR count). The molecule has 2 amide bonds. The molecule has 112 valence electrons. The number of amides is 2. The van der Waals surface area contributed by atoms with E-state index in [0.29, 0.717) is 18.5 Å². The van der Waals surface area contributed by atoms with Gasteiger partial charge in [-0.05, 0) is 37.1 Å². The number of benzene rings is 1. The third-order valence-electron chi connectivity index (χ3n) is 3.78. The molecule has 0 bridgehead atoms. The van der Waals surface area contributed by atoms with Crippen LogP contribution in [0, 0.1) is 0 Å². The summed E-state index contributed by atoms with van der Waals surface area (Å²) in [5.74, 6) is -0.251. The smallest absolute Gasteiger partial charge is 0.254 e. The van der Waals surface area contributed by atoms with E-state index in [9.17, 15) is 9.59 Å². The second-order valence-electron chi connectivity index (χ2n) is 5.25. The van der Waals surface area contributed by atoms with Crippen LogP contribution in [0.1, 0.15) is 23.2 Å². The second-order valence-corrected chi connectivity index (χ2v) is 5.25. The van der Waals surface area contributed by atoms with Crippen LogP contribution in [-0.2, 0) is 4.79 Å². The van der Waals surface area contributed by atoms with Crippen LogP contribution < -0.4 is 5.32 Å². The van der Waals surface area contributed by atoms with Gasteiger partial charge in [-0.25, -0.2) is 0 Å². The Morgan fingerprint density at radius 1 is 1.09 bits per heavy atom. The van der Waals surface area contributed by atoms with Crippen molar-refractivity contribution in [3.63, 3.8) is 0 Å². The summed E-state index contributed by atoms with van der Waals surface area (Å²) in [6.07, 6.45) is 4.70. The number of rotatable bonds is 3. The Kier molecular flexibility index (Phi) is 4.14. The van der Waals surface area contributed by atoms with Gasteiger partial charge in [-0.15, -0.1) is 0 Å². The van der Waals surface area contributed by atoms with Crippen molar-refractivity contribution in [1.29, 1.82) is 0 Å². The minimum absolute atomic E-state index is 0.117. The first-order chi connectivity index (χ1) is 10.8. The highest BCUT2D eigenvalue weighted by atomic mass is 16.2.